The Morgan fingerprint density at radius 2 is 1.92 bits per heavy atom. The molecule has 1 fully saturated rings. The van der Waals surface area contributed by atoms with Crippen molar-refractivity contribution in [2.75, 3.05) is 36.2 Å². The number of nitrogens with zero attached hydrogens (tertiary/aromatic N) is 3. The third-order valence-corrected chi connectivity index (χ3v) is 8.40. The van der Waals surface area contributed by atoms with E-state index < -0.39 is 21.7 Å². The SMILES string of the molecule is N=C(N)c1cccc(C=CCN(c2ccc(OC3CCN(C4=NCCCC4)CC3)cc2)S(=O)(=O)CC(=O)O)c1. The molecule has 208 valence electrons. The number of carboxylic acid groups (broad SMARTS) is 1. The Morgan fingerprint density at radius 1 is 1.18 bits per heavy atom. The van der Waals surface area contributed by atoms with Crippen LogP contribution in [0.2, 0.25) is 0 Å². The number of carbonyl (C=O) groups is 1. The van der Waals surface area contributed by atoms with E-state index in [-0.39, 0.29) is 18.5 Å². The van der Waals surface area contributed by atoms with E-state index in [4.69, 9.17) is 15.9 Å². The normalized spacial score (nSPS) is 16.6. The van der Waals surface area contributed by atoms with Crippen LogP contribution in [-0.2, 0) is 14.8 Å². The van der Waals surface area contributed by atoms with Crippen LogP contribution in [-0.4, -0.2) is 74.1 Å². The lowest BCUT2D eigenvalue weighted by Crippen LogP contribution is -2.42. The van der Waals surface area contributed by atoms with Gasteiger partial charge in [0.2, 0.25) is 10.0 Å². The number of sulfonamides is 1. The molecule has 0 radical (unpaired) electrons. The highest BCUT2D eigenvalue weighted by Gasteiger charge is 2.26. The van der Waals surface area contributed by atoms with E-state index in [2.05, 4.69) is 9.89 Å². The standard InChI is InChI=1S/C28H35N5O5S/c29-28(30)22-7-3-5-21(19-22)6-4-16-33(39(36,37)20-27(34)35)23-9-11-24(12-10-23)38-25-13-17-32(18-14-25)26-8-1-2-15-31-26/h3-7,9-12,19,25H,1-2,8,13-18,20H2,(H3,29,30)(H,34,35). The Hall–Kier alpha value is -3.86. The first kappa shape index (κ1) is 28.2. The van der Waals surface area contributed by atoms with Crippen LogP contribution in [0.1, 0.15) is 43.2 Å². The number of likely N-dealkylation sites (tertiary alicyclic amines) is 1. The molecule has 10 nitrogen and oxygen atoms in total. The summed E-state index contributed by atoms with van der Waals surface area (Å²) in [4.78, 5) is 18.3. The van der Waals surface area contributed by atoms with Gasteiger partial charge in [-0.25, -0.2) is 8.42 Å². The molecule has 4 N–H and O–H groups in total. The highest BCUT2D eigenvalue weighted by atomic mass is 32.2. The zero-order valence-electron chi connectivity index (χ0n) is 21.8. The Bertz CT molecular complexity index is 1330. The van der Waals surface area contributed by atoms with Gasteiger partial charge in [-0.15, -0.1) is 0 Å². The molecule has 0 aromatic heterocycles. The molecule has 0 bridgehead atoms. The fourth-order valence-corrected chi connectivity index (χ4v) is 5.99. The van der Waals surface area contributed by atoms with E-state index >= 15 is 0 Å². The fraction of sp³-hybridized carbons (Fsp3) is 0.393. The molecule has 4 rings (SSSR count). The molecule has 0 amide bonds. The quantitative estimate of drug-likeness (QED) is 0.302. The molecule has 2 aromatic carbocycles. The molecule has 2 aliphatic heterocycles. The Labute approximate surface area is 229 Å². The van der Waals surface area contributed by atoms with Crippen molar-refractivity contribution < 1.29 is 23.1 Å². The van der Waals surface area contributed by atoms with Gasteiger partial charge in [0.25, 0.3) is 0 Å². The summed E-state index contributed by atoms with van der Waals surface area (Å²) in [5.74, 6) is -0.666. The van der Waals surface area contributed by atoms with Crippen LogP contribution in [0.5, 0.6) is 5.75 Å². The number of ether oxygens (including phenoxy) is 1. The van der Waals surface area contributed by atoms with E-state index in [0.29, 0.717) is 17.0 Å². The predicted molar refractivity (Wildman–Crippen MR) is 153 cm³/mol. The Morgan fingerprint density at radius 3 is 2.56 bits per heavy atom. The van der Waals surface area contributed by atoms with Crippen molar-refractivity contribution in [2.24, 2.45) is 10.7 Å². The van der Waals surface area contributed by atoms with E-state index in [1.807, 2.05) is 0 Å². The topological polar surface area (TPSA) is 149 Å². The predicted octanol–water partition coefficient (Wildman–Crippen LogP) is 3.33. The molecular formula is C28H35N5O5S. The van der Waals surface area contributed by atoms with Gasteiger partial charge >= 0.3 is 5.97 Å². The number of hydrogen-bond donors (Lipinski definition) is 3. The summed E-state index contributed by atoms with van der Waals surface area (Å²) >= 11 is 0. The lowest BCUT2D eigenvalue weighted by atomic mass is 10.1. The summed E-state index contributed by atoms with van der Waals surface area (Å²) in [5, 5.41) is 16.8. The van der Waals surface area contributed by atoms with Gasteiger partial charge in [0.1, 0.15) is 17.7 Å². The van der Waals surface area contributed by atoms with Gasteiger partial charge in [-0.3, -0.25) is 19.5 Å². The van der Waals surface area contributed by atoms with Crippen molar-refractivity contribution in [2.45, 2.75) is 38.2 Å². The lowest BCUT2D eigenvalue weighted by Gasteiger charge is -2.35. The summed E-state index contributed by atoms with van der Waals surface area (Å²) < 4.78 is 33.1. The molecule has 0 unspecified atom stereocenters. The van der Waals surface area contributed by atoms with Gasteiger partial charge < -0.3 is 20.5 Å². The molecule has 0 saturated carbocycles. The highest BCUT2D eigenvalue weighted by Crippen LogP contribution is 2.26. The van der Waals surface area contributed by atoms with Crippen LogP contribution >= 0.6 is 0 Å². The van der Waals surface area contributed by atoms with Crippen LogP contribution in [0.25, 0.3) is 6.08 Å². The summed E-state index contributed by atoms with van der Waals surface area (Å²) in [6, 6.07) is 13.7. The van der Waals surface area contributed by atoms with E-state index in [9.17, 15) is 18.3 Å². The molecule has 39 heavy (non-hydrogen) atoms. The second-order valence-corrected chi connectivity index (χ2v) is 11.6. The van der Waals surface area contributed by atoms with E-state index in [1.165, 1.54) is 18.7 Å². The summed E-state index contributed by atoms with van der Waals surface area (Å²) in [6.45, 7) is 2.66. The van der Waals surface area contributed by atoms with Crippen molar-refractivity contribution in [3.8, 4) is 5.75 Å². The number of benzene rings is 2. The number of amidine groups is 2. The molecule has 11 heteroatoms. The Kier molecular flexibility index (Phi) is 9.23. The summed E-state index contributed by atoms with van der Waals surface area (Å²) in [5.41, 5.74) is 7.18. The van der Waals surface area contributed by atoms with Crippen molar-refractivity contribution in [1.29, 1.82) is 5.41 Å². The molecule has 2 aliphatic rings. The molecule has 2 heterocycles. The smallest absolute Gasteiger partial charge is 0.320 e. The first-order valence-electron chi connectivity index (χ1n) is 13.1. The summed E-state index contributed by atoms with van der Waals surface area (Å²) in [6.07, 6.45) is 8.59. The molecule has 0 spiro atoms. The van der Waals surface area contributed by atoms with Gasteiger partial charge in [0, 0.05) is 44.5 Å². The molecular weight excluding hydrogens is 518 g/mol. The number of nitrogens with one attached hydrogen (secondary N) is 1. The van der Waals surface area contributed by atoms with Crippen molar-refractivity contribution in [3.63, 3.8) is 0 Å². The van der Waals surface area contributed by atoms with Crippen LogP contribution in [0.4, 0.5) is 5.69 Å². The third-order valence-electron chi connectivity index (χ3n) is 6.76. The molecule has 1 saturated heterocycles. The van der Waals surface area contributed by atoms with Crippen LogP contribution in [0.3, 0.4) is 0 Å². The minimum Gasteiger partial charge on any atom is -0.490 e. The number of rotatable bonds is 10. The first-order chi connectivity index (χ1) is 18.7. The first-order valence-corrected chi connectivity index (χ1v) is 14.7. The van der Waals surface area contributed by atoms with E-state index in [1.54, 1.807) is 60.7 Å². The van der Waals surface area contributed by atoms with Crippen LogP contribution < -0.4 is 14.8 Å². The number of nitrogens with two attached hydrogens (primary N) is 1. The van der Waals surface area contributed by atoms with Crippen molar-refractivity contribution in [3.05, 3.63) is 65.7 Å². The van der Waals surface area contributed by atoms with Gasteiger partial charge in [0.05, 0.1) is 18.1 Å². The van der Waals surface area contributed by atoms with Gasteiger partial charge in [-0.05, 0) is 48.7 Å². The zero-order chi connectivity index (χ0) is 27.8. The van der Waals surface area contributed by atoms with E-state index in [0.717, 1.165) is 48.8 Å². The molecule has 0 atom stereocenters. The average Bonchev–Trinajstić information content (AvgIpc) is 2.92. The lowest BCUT2D eigenvalue weighted by molar-refractivity contribution is -0.134. The van der Waals surface area contributed by atoms with Gasteiger partial charge in [-0.1, -0.05) is 30.4 Å². The number of piperidine rings is 1. The molecule has 0 aliphatic carbocycles. The number of hydrogen-bond acceptors (Lipinski definition) is 7. The minimum absolute atomic E-state index is 0.0665. The third kappa shape index (κ3) is 7.82. The number of aliphatic carboxylic acids is 1. The minimum atomic E-state index is -4.14. The maximum atomic E-state index is 12.9. The largest absolute Gasteiger partial charge is 0.490 e. The number of carboxylic acids is 1. The average molecular weight is 554 g/mol. The number of aliphatic imine (C=N–C) groups is 1. The highest BCUT2D eigenvalue weighted by molar-refractivity contribution is 7.93. The fourth-order valence-electron chi connectivity index (χ4n) is 4.76. The Balaban J connectivity index is 1.42. The van der Waals surface area contributed by atoms with Crippen molar-refractivity contribution >= 4 is 39.4 Å². The summed E-state index contributed by atoms with van der Waals surface area (Å²) in [7, 11) is -4.14. The zero-order valence-corrected chi connectivity index (χ0v) is 22.6. The second kappa shape index (κ2) is 12.8. The maximum Gasteiger partial charge on any atom is 0.320 e. The maximum absolute atomic E-state index is 12.9. The monoisotopic (exact) mass is 553 g/mol. The molecule has 2 aromatic rings. The second-order valence-electron chi connectivity index (χ2n) is 9.68. The van der Waals surface area contributed by atoms with Gasteiger partial charge in [0.15, 0.2) is 5.75 Å². The van der Waals surface area contributed by atoms with Crippen LogP contribution in [0.15, 0.2) is 59.6 Å². The van der Waals surface area contributed by atoms with Crippen LogP contribution in [0, 0.1) is 5.41 Å². The number of anilines is 1. The van der Waals surface area contributed by atoms with Crippen molar-refractivity contribution in [1.82, 2.24) is 4.90 Å². The van der Waals surface area contributed by atoms with Gasteiger partial charge in [-0.2, -0.15) is 0 Å². The number of nitrogen functional groups attached to an aromatic ring is 1.